The van der Waals surface area contributed by atoms with Gasteiger partial charge in [-0.3, -0.25) is 0 Å². The lowest BCUT2D eigenvalue weighted by Gasteiger charge is -2.29. The second-order valence-electron chi connectivity index (χ2n) is 5.05. The lowest BCUT2D eigenvalue weighted by atomic mass is 9.95. The summed E-state index contributed by atoms with van der Waals surface area (Å²) in [6.45, 7) is 3.56. The normalized spacial score (nSPS) is 21.9. The molecule has 3 nitrogen and oxygen atoms in total. The number of nitrogens with one attached hydrogen (secondary N) is 1. The number of rotatable bonds is 5. The molecule has 1 atom stereocenters. The lowest BCUT2D eigenvalue weighted by molar-refractivity contribution is 0.209. The third-order valence-electron chi connectivity index (χ3n) is 3.41. The van der Waals surface area contributed by atoms with Gasteiger partial charge in [-0.15, -0.1) is 11.3 Å². The van der Waals surface area contributed by atoms with Gasteiger partial charge in [0.25, 0.3) is 0 Å². The van der Waals surface area contributed by atoms with Crippen LogP contribution in [0.25, 0.3) is 0 Å². The fraction of sp³-hybridized carbons (Fsp3) is 0.769. The number of aromatic nitrogens is 1. The molecule has 0 aliphatic carbocycles. The van der Waals surface area contributed by atoms with Crippen LogP contribution >= 0.6 is 11.3 Å². The lowest BCUT2D eigenvalue weighted by Crippen LogP contribution is -2.32. The summed E-state index contributed by atoms with van der Waals surface area (Å²) in [5.74, 6) is 0.817. The van der Waals surface area contributed by atoms with Gasteiger partial charge < -0.3 is 10.2 Å². The molecule has 1 aromatic heterocycles. The van der Waals surface area contributed by atoms with Crippen molar-refractivity contribution in [1.29, 1.82) is 0 Å². The Kier molecular flexibility index (Phi) is 4.95. The molecule has 0 aromatic carbocycles. The standard InChI is InChI=1S/C13H23N3S/c1-14-6-5-12-9-15-13(17-12)8-11-4-3-7-16(2)10-11/h9,11,14H,3-8,10H2,1-2H3. The number of nitrogens with zero attached hydrogens (tertiary/aromatic N) is 2. The van der Waals surface area contributed by atoms with Crippen LogP contribution in [0.15, 0.2) is 6.20 Å². The summed E-state index contributed by atoms with van der Waals surface area (Å²) >= 11 is 1.90. The van der Waals surface area contributed by atoms with E-state index in [0.29, 0.717) is 0 Å². The Bertz CT molecular complexity index is 337. The molecule has 0 spiro atoms. The molecule has 1 unspecified atom stereocenters. The molecule has 1 aromatic rings. The summed E-state index contributed by atoms with van der Waals surface area (Å²) < 4.78 is 0. The minimum absolute atomic E-state index is 0.817. The second-order valence-corrected chi connectivity index (χ2v) is 6.25. The molecule has 1 aliphatic heterocycles. The average molecular weight is 253 g/mol. The Labute approximate surface area is 108 Å². The fourth-order valence-corrected chi connectivity index (χ4v) is 3.53. The first-order valence-electron chi connectivity index (χ1n) is 6.54. The maximum absolute atomic E-state index is 4.56. The number of likely N-dealkylation sites (tertiary alicyclic amines) is 1. The molecular weight excluding hydrogens is 230 g/mol. The van der Waals surface area contributed by atoms with Crippen LogP contribution in [0.4, 0.5) is 0 Å². The Morgan fingerprint density at radius 3 is 3.24 bits per heavy atom. The second kappa shape index (κ2) is 6.47. The zero-order valence-corrected chi connectivity index (χ0v) is 11.7. The van der Waals surface area contributed by atoms with Crippen molar-refractivity contribution in [3.63, 3.8) is 0 Å². The first-order valence-corrected chi connectivity index (χ1v) is 7.36. The summed E-state index contributed by atoms with van der Waals surface area (Å²) in [6, 6.07) is 0. The van der Waals surface area contributed by atoms with Crippen LogP contribution < -0.4 is 5.32 Å². The van der Waals surface area contributed by atoms with Crippen LogP contribution in [-0.2, 0) is 12.8 Å². The van der Waals surface area contributed by atoms with Gasteiger partial charge >= 0.3 is 0 Å². The quantitative estimate of drug-likeness (QED) is 0.867. The van der Waals surface area contributed by atoms with Gasteiger partial charge in [-0.1, -0.05) is 0 Å². The molecule has 0 radical (unpaired) electrons. The van der Waals surface area contributed by atoms with Gasteiger partial charge in [0.15, 0.2) is 0 Å². The molecule has 2 rings (SSSR count). The van der Waals surface area contributed by atoms with Crippen molar-refractivity contribution in [2.45, 2.75) is 25.7 Å². The van der Waals surface area contributed by atoms with E-state index in [1.165, 1.54) is 42.2 Å². The minimum Gasteiger partial charge on any atom is -0.319 e. The molecule has 17 heavy (non-hydrogen) atoms. The van der Waals surface area contributed by atoms with E-state index in [-0.39, 0.29) is 0 Å². The minimum atomic E-state index is 0.817. The molecular formula is C13H23N3S. The van der Waals surface area contributed by atoms with Gasteiger partial charge in [0, 0.05) is 24.0 Å². The predicted octanol–water partition coefficient (Wildman–Crippen LogP) is 1.79. The zero-order chi connectivity index (χ0) is 12.1. The van der Waals surface area contributed by atoms with Crippen LogP contribution in [0.5, 0.6) is 0 Å². The van der Waals surface area contributed by atoms with E-state index in [0.717, 1.165) is 18.9 Å². The summed E-state index contributed by atoms with van der Waals surface area (Å²) in [6.07, 6.45) is 7.06. The van der Waals surface area contributed by atoms with Crippen molar-refractivity contribution in [2.24, 2.45) is 5.92 Å². The Morgan fingerprint density at radius 1 is 1.59 bits per heavy atom. The van der Waals surface area contributed by atoms with Crippen LogP contribution in [0, 0.1) is 5.92 Å². The van der Waals surface area contributed by atoms with Crippen LogP contribution in [0.3, 0.4) is 0 Å². The predicted molar refractivity (Wildman–Crippen MR) is 73.7 cm³/mol. The fourth-order valence-electron chi connectivity index (χ4n) is 2.49. The van der Waals surface area contributed by atoms with E-state index in [1.54, 1.807) is 0 Å². The Balaban J connectivity index is 1.83. The van der Waals surface area contributed by atoms with Gasteiger partial charge in [0.05, 0.1) is 5.01 Å². The Morgan fingerprint density at radius 2 is 2.47 bits per heavy atom. The highest BCUT2D eigenvalue weighted by atomic mass is 32.1. The first-order chi connectivity index (χ1) is 8.28. The van der Waals surface area contributed by atoms with E-state index < -0.39 is 0 Å². The van der Waals surface area contributed by atoms with Gasteiger partial charge in [-0.2, -0.15) is 0 Å². The van der Waals surface area contributed by atoms with E-state index >= 15 is 0 Å². The third kappa shape index (κ3) is 4.05. The molecule has 0 saturated carbocycles. The van der Waals surface area contributed by atoms with Crippen molar-refractivity contribution in [3.8, 4) is 0 Å². The molecule has 1 saturated heterocycles. The average Bonchev–Trinajstić information content (AvgIpc) is 2.74. The van der Waals surface area contributed by atoms with Crippen LogP contribution in [0.1, 0.15) is 22.7 Å². The third-order valence-corrected chi connectivity index (χ3v) is 4.49. The van der Waals surface area contributed by atoms with Crippen molar-refractivity contribution in [3.05, 3.63) is 16.1 Å². The summed E-state index contributed by atoms with van der Waals surface area (Å²) in [5.41, 5.74) is 0. The van der Waals surface area contributed by atoms with E-state index in [1.807, 2.05) is 18.4 Å². The van der Waals surface area contributed by atoms with Crippen molar-refractivity contribution < 1.29 is 0 Å². The van der Waals surface area contributed by atoms with E-state index in [4.69, 9.17) is 0 Å². The van der Waals surface area contributed by atoms with E-state index in [9.17, 15) is 0 Å². The van der Waals surface area contributed by atoms with Gasteiger partial charge in [0.2, 0.25) is 0 Å². The zero-order valence-electron chi connectivity index (χ0n) is 10.9. The number of piperidine rings is 1. The topological polar surface area (TPSA) is 28.2 Å². The largest absolute Gasteiger partial charge is 0.319 e. The summed E-state index contributed by atoms with van der Waals surface area (Å²) in [5, 5.41) is 4.51. The molecule has 96 valence electrons. The van der Waals surface area contributed by atoms with Crippen molar-refractivity contribution in [1.82, 2.24) is 15.2 Å². The summed E-state index contributed by atoms with van der Waals surface area (Å²) in [7, 11) is 4.23. The molecule has 4 heteroatoms. The van der Waals surface area contributed by atoms with Crippen LogP contribution in [0.2, 0.25) is 0 Å². The van der Waals surface area contributed by atoms with E-state index in [2.05, 4.69) is 28.4 Å². The highest BCUT2D eigenvalue weighted by Gasteiger charge is 2.18. The van der Waals surface area contributed by atoms with Crippen LogP contribution in [-0.4, -0.2) is 43.6 Å². The highest BCUT2D eigenvalue weighted by molar-refractivity contribution is 7.11. The molecule has 1 aliphatic rings. The number of hydrogen-bond acceptors (Lipinski definition) is 4. The highest BCUT2D eigenvalue weighted by Crippen LogP contribution is 2.22. The smallest absolute Gasteiger partial charge is 0.0930 e. The van der Waals surface area contributed by atoms with Gasteiger partial charge in [-0.05, 0) is 52.4 Å². The molecule has 0 amide bonds. The van der Waals surface area contributed by atoms with Crippen molar-refractivity contribution in [2.75, 3.05) is 33.7 Å². The molecule has 2 heterocycles. The number of hydrogen-bond donors (Lipinski definition) is 1. The van der Waals surface area contributed by atoms with Gasteiger partial charge in [0.1, 0.15) is 0 Å². The maximum atomic E-state index is 4.56. The maximum Gasteiger partial charge on any atom is 0.0930 e. The molecule has 1 fully saturated rings. The summed E-state index contributed by atoms with van der Waals surface area (Å²) in [4.78, 5) is 8.42. The Hall–Kier alpha value is -0.450. The SMILES string of the molecule is CNCCc1cnc(CC2CCCN(C)C2)s1. The monoisotopic (exact) mass is 253 g/mol. The van der Waals surface area contributed by atoms with Gasteiger partial charge in [-0.25, -0.2) is 4.98 Å². The molecule has 1 N–H and O–H groups in total. The number of thiazole rings is 1. The first kappa shape index (κ1) is 13.0. The number of likely N-dealkylation sites (N-methyl/N-ethyl adjacent to an activating group) is 1. The molecule has 0 bridgehead atoms. The van der Waals surface area contributed by atoms with Crippen molar-refractivity contribution >= 4 is 11.3 Å².